The first-order valence-corrected chi connectivity index (χ1v) is 4.10. The van der Waals surface area contributed by atoms with Gasteiger partial charge in [0.25, 0.3) is 0 Å². The first kappa shape index (κ1) is 9.73. The van der Waals surface area contributed by atoms with Crippen molar-refractivity contribution in [2.75, 3.05) is 7.05 Å². The molecule has 3 N–H and O–H groups in total. The molecule has 1 aromatic rings. The fourth-order valence-corrected chi connectivity index (χ4v) is 1.08. The second-order valence-electron chi connectivity index (χ2n) is 2.92. The number of hydrogen-bond donors (Lipinski definition) is 2. The van der Waals surface area contributed by atoms with Crippen LogP contribution in [0.3, 0.4) is 0 Å². The highest BCUT2D eigenvalue weighted by Crippen LogP contribution is 1.94. The second kappa shape index (κ2) is 4.04. The van der Waals surface area contributed by atoms with Crippen LogP contribution in [0, 0.1) is 6.92 Å². The number of aromatic nitrogens is 2. The van der Waals surface area contributed by atoms with E-state index in [0.29, 0.717) is 6.54 Å². The van der Waals surface area contributed by atoms with Gasteiger partial charge < -0.3 is 11.1 Å². The van der Waals surface area contributed by atoms with Crippen LogP contribution in [0.4, 0.5) is 0 Å². The van der Waals surface area contributed by atoms with Crippen molar-refractivity contribution >= 4 is 5.91 Å². The standard InChI is InChI=1S/C8H14N4O/c1-6-3-4-12(11-6)5-7(10-2)8(9)13/h3-4,7,10H,5H2,1-2H3,(H2,9,13). The molecule has 1 aromatic heterocycles. The molecule has 0 saturated carbocycles. The van der Waals surface area contributed by atoms with Crippen molar-refractivity contribution in [3.05, 3.63) is 18.0 Å². The van der Waals surface area contributed by atoms with Gasteiger partial charge in [0.05, 0.1) is 12.2 Å². The summed E-state index contributed by atoms with van der Waals surface area (Å²) in [6.07, 6.45) is 1.82. The Morgan fingerprint density at radius 1 is 1.85 bits per heavy atom. The Morgan fingerprint density at radius 2 is 2.54 bits per heavy atom. The number of carbonyl (C=O) groups is 1. The summed E-state index contributed by atoms with van der Waals surface area (Å²) in [6.45, 7) is 2.37. The molecule has 0 aromatic carbocycles. The summed E-state index contributed by atoms with van der Waals surface area (Å²) >= 11 is 0. The van der Waals surface area contributed by atoms with E-state index in [4.69, 9.17) is 5.73 Å². The Balaban J connectivity index is 2.61. The smallest absolute Gasteiger partial charge is 0.236 e. The third-order valence-corrected chi connectivity index (χ3v) is 1.84. The van der Waals surface area contributed by atoms with Gasteiger partial charge in [0, 0.05) is 6.20 Å². The summed E-state index contributed by atoms with van der Waals surface area (Å²) in [5, 5.41) is 6.97. The summed E-state index contributed by atoms with van der Waals surface area (Å²) < 4.78 is 1.70. The maximum Gasteiger partial charge on any atom is 0.236 e. The number of carbonyl (C=O) groups excluding carboxylic acids is 1. The number of aryl methyl sites for hydroxylation is 1. The number of nitrogens with zero attached hydrogens (tertiary/aromatic N) is 2. The van der Waals surface area contributed by atoms with Crippen molar-refractivity contribution in [2.24, 2.45) is 5.73 Å². The summed E-state index contributed by atoms with van der Waals surface area (Å²) in [7, 11) is 1.70. The molecule has 1 atom stereocenters. The van der Waals surface area contributed by atoms with E-state index in [2.05, 4.69) is 10.4 Å². The quantitative estimate of drug-likeness (QED) is 0.644. The Bertz CT molecular complexity index is 294. The molecule has 13 heavy (non-hydrogen) atoms. The van der Waals surface area contributed by atoms with Crippen molar-refractivity contribution in [3.63, 3.8) is 0 Å². The predicted molar refractivity (Wildman–Crippen MR) is 49.0 cm³/mol. The van der Waals surface area contributed by atoms with Gasteiger partial charge in [0.15, 0.2) is 0 Å². The van der Waals surface area contributed by atoms with E-state index in [1.54, 1.807) is 11.7 Å². The molecule has 0 spiro atoms. The molecule has 0 aliphatic rings. The Morgan fingerprint density at radius 3 is 2.92 bits per heavy atom. The fraction of sp³-hybridized carbons (Fsp3) is 0.500. The molecule has 0 aliphatic heterocycles. The van der Waals surface area contributed by atoms with E-state index < -0.39 is 0 Å². The topological polar surface area (TPSA) is 72.9 Å². The lowest BCUT2D eigenvalue weighted by atomic mass is 10.3. The van der Waals surface area contributed by atoms with Crippen LogP contribution >= 0.6 is 0 Å². The minimum Gasteiger partial charge on any atom is -0.368 e. The van der Waals surface area contributed by atoms with Crippen LogP contribution in [0.5, 0.6) is 0 Å². The SMILES string of the molecule is CNC(Cn1ccc(C)n1)C(N)=O. The summed E-state index contributed by atoms with van der Waals surface area (Å²) in [5.74, 6) is -0.365. The van der Waals surface area contributed by atoms with Crippen LogP contribution in [0.25, 0.3) is 0 Å². The molecule has 1 rings (SSSR count). The van der Waals surface area contributed by atoms with Gasteiger partial charge in [-0.25, -0.2) is 0 Å². The molecule has 5 heteroatoms. The number of primary amides is 1. The van der Waals surface area contributed by atoms with Gasteiger partial charge in [0.2, 0.25) is 5.91 Å². The maximum atomic E-state index is 10.9. The van der Waals surface area contributed by atoms with Crippen LogP contribution in [-0.4, -0.2) is 28.8 Å². The lowest BCUT2D eigenvalue weighted by Crippen LogP contribution is -2.42. The number of likely N-dealkylation sites (N-methyl/N-ethyl adjacent to an activating group) is 1. The zero-order valence-corrected chi connectivity index (χ0v) is 7.82. The van der Waals surface area contributed by atoms with E-state index in [1.807, 2.05) is 19.2 Å². The predicted octanol–water partition coefficient (Wildman–Crippen LogP) is -0.735. The highest BCUT2D eigenvalue weighted by atomic mass is 16.1. The zero-order valence-electron chi connectivity index (χ0n) is 7.82. The third-order valence-electron chi connectivity index (χ3n) is 1.84. The Hall–Kier alpha value is -1.36. The summed E-state index contributed by atoms with van der Waals surface area (Å²) in [5.41, 5.74) is 6.09. The molecule has 0 fully saturated rings. The van der Waals surface area contributed by atoms with E-state index in [-0.39, 0.29) is 11.9 Å². The van der Waals surface area contributed by atoms with Gasteiger partial charge in [-0.1, -0.05) is 0 Å². The second-order valence-corrected chi connectivity index (χ2v) is 2.92. The molecular weight excluding hydrogens is 168 g/mol. The Kier molecular flexibility index (Phi) is 3.02. The van der Waals surface area contributed by atoms with E-state index >= 15 is 0 Å². The van der Waals surface area contributed by atoms with E-state index in [0.717, 1.165) is 5.69 Å². The molecule has 0 bridgehead atoms. The Labute approximate surface area is 76.9 Å². The van der Waals surface area contributed by atoms with E-state index in [1.165, 1.54) is 0 Å². The van der Waals surface area contributed by atoms with Gasteiger partial charge in [-0.15, -0.1) is 0 Å². The van der Waals surface area contributed by atoms with Crippen molar-refractivity contribution in [1.29, 1.82) is 0 Å². The van der Waals surface area contributed by atoms with Crippen LogP contribution in [0.2, 0.25) is 0 Å². The van der Waals surface area contributed by atoms with E-state index in [9.17, 15) is 4.79 Å². The first-order valence-electron chi connectivity index (χ1n) is 4.10. The molecule has 5 nitrogen and oxygen atoms in total. The fourth-order valence-electron chi connectivity index (χ4n) is 1.08. The van der Waals surface area contributed by atoms with Crippen LogP contribution in [0.1, 0.15) is 5.69 Å². The lowest BCUT2D eigenvalue weighted by Gasteiger charge is -2.11. The minimum absolute atomic E-state index is 0.362. The summed E-state index contributed by atoms with van der Waals surface area (Å²) in [4.78, 5) is 10.9. The molecule has 0 aliphatic carbocycles. The lowest BCUT2D eigenvalue weighted by molar-refractivity contribution is -0.120. The highest BCUT2D eigenvalue weighted by molar-refractivity contribution is 5.79. The number of amides is 1. The largest absolute Gasteiger partial charge is 0.368 e. The maximum absolute atomic E-state index is 10.9. The van der Waals surface area contributed by atoms with Crippen LogP contribution in [0.15, 0.2) is 12.3 Å². The van der Waals surface area contributed by atoms with Gasteiger partial charge in [0.1, 0.15) is 6.04 Å². The molecule has 1 amide bonds. The average Bonchev–Trinajstić information content (AvgIpc) is 2.46. The zero-order chi connectivity index (χ0) is 9.84. The monoisotopic (exact) mass is 182 g/mol. The molecule has 1 heterocycles. The van der Waals surface area contributed by atoms with Gasteiger partial charge in [-0.3, -0.25) is 9.48 Å². The number of nitrogens with one attached hydrogen (secondary N) is 1. The normalized spacial score (nSPS) is 12.8. The minimum atomic E-state index is -0.365. The van der Waals surface area contributed by atoms with Crippen molar-refractivity contribution in [3.8, 4) is 0 Å². The number of hydrogen-bond acceptors (Lipinski definition) is 3. The van der Waals surface area contributed by atoms with Gasteiger partial charge >= 0.3 is 0 Å². The third kappa shape index (κ3) is 2.55. The van der Waals surface area contributed by atoms with Gasteiger partial charge in [-0.2, -0.15) is 5.10 Å². The van der Waals surface area contributed by atoms with Crippen molar-refractivity contribution < 1.29 is 4.79 Å². The molecule has 1 unspecified atom stereocenters. The van der Waals surface area contributed by atoms with Crippen LogP contribution in [-0.2, 0) is 11.3 Å². The van der Waals surface area contributed by atoms with Crippen LogP contribution < -0.4 is 11.1 Å². The van der Waals surface area contributed by atoms with Crippen molar-refractivity contribution in [1.82, 2.24) is 15.1 Å². The molecular formula is C8H14N4O. The van der Waals surface area contributed by atoms with Gasteiger partial charge in [-0.05, 0) is 20.0 Å². The highest BCUT2D eigenvalue weighted by Gasteiger charge is 2.12. The molecule has 72 valence electrons. The molecule has 0 radical (unpaired) electrons. The summed E-state index contributed by atoms with van der Waals surface area (Å²) in [6, 6.07) is 1.52. The number of nitrogens with two attached hydrogens (primary N) is 1. The number of rotatable bonds is 4. The molecule has 0 saturated heterocycles. The average molecular weight is 182 g/mol. The van der Waals surface area contributed by atoms with Crippen molar-refractivity contribution in [2.45, 2.75) is 19.5 Å². The first-order chi connectivity index (χ1) is 6.13.